The van der Waals surface area contributed by atoms with Crippen LogP contribution in [-0.4, -0.2) is 225 Å². The van der Waals surface area contributed by atoms with Crippen LogP contribution in [0.1, 0.15) is 54.8 Å². The molecule has 40 heteroatoms. The molecule has 674 valence electrons. The fourth-order valence-electron chi connectivity index (χ4n) is 14.0. The third-order valence-electron chi connectivity index (χ3n) is 20.1. The van der Waals surface area contributed by atoms with E-state index in [2.05, 4.69) is 64.7 Å². The molecule has 0 spiro atoms. The molecule has 5 amide bonds. The smallest absolute Gasteiger partial charge is 0.260 e. The van der Waals surface area contributed by atoms with Gasteiger partial charge in [-0.1, -0.05) is 124 Å². The molecule has 5 aromatic carbocycles. The minimum absolute atomic E-state index is 0.00702. The third-order valence-corrected chi connectivity index (χ3v) is 28.0. The van der Waals surface area contributed by atoms with Crippen molar-refractivity contribution in [1.29, 1.82) is 0 Å². The molecule has 0 aliphatic carbocycles. The van der Waals surface area contributed by atoms with Crippen LogP contribution in [-0.2, 0) is 28.4 Å². The number of nitrogens with one attached hydrogen (secondary N) is 3. The Morgan fingerprint density at radius 2 is 0.721 bits per heavy atom. The number of aliphatic hydroxyl groups is 2. The Hall–Kier alpha value is -10.4. The summed E-state index contributed by atoms with van der Waals surface area (Å²) in [6.07, 6.45) is 0.458. The average molecular weight is 1960 g/mol. The number of nitrogens with two attached hydrogens (primary N) is 2. The van der Waals surface area contributed by atoms with Crippen LogP contribution >= 0.6 is 126 Å². The molecule has 5 aliphatic rings. The summed E-state index contributed by atoms with van der Waals surface area (Å²) in [5.41, 5.74) is 19.6. The van der Waals surface area contributed by atoms with Crippen molar-refractivity contribution in [2.45, 2.75) is 6.42 Å². The monoisotopic (exact) mass is 1960 g/mol. The number of benzene rings is 5. The number of ether oxygens (including phenoxy) is 7. The lowest BCUT2D eigenvalue weighted by atomic mass is 10.0. The van der Waals surface area contributed by atoms with Gasteiger partial charge in [0.1, 0.15) is 5.75 Å². The number of primary amides is 2. The van der Waals surface area contributed by atoms with Crippen molar-refractivity contribution < 1.29 is 67.3 Å². The van der Waals surface area contributed by atoms with E-state index in [0.29, 0.717) is 265 Å². The minimum atomic E-state index is -0.547. The maximum atomic E-state index is 13.0. The molecule has 0 saturated carbocycles. The van der Waals surface area contributed by atoms with Crippen molar-refractivity contribution >= 4 is 209 Å². The molecule has 9 N–H and O–H groups in total. The van der Waals surface area contributed by atoms with E-state index in [-0.39, 0.29) is 50.7 Å². The van der Waals surface area contributed by atoms with Crippen molar-refractivity contribution in [3.63, 3.8) is 0 Å². The Kier molecular flexibility index (Phi) is 37.7. The number of methoxy groups -OCH3 is 1. The summed E-state index contributed by atoms with van der Waals surface area (Å²) in [7, 11) is 3.19. The predicted molar refractivity (Wildman–Crippen MR) is 517 cm³/mol. The number of amides is 5. The standard InChI is InChI=1S/C20H21Cl2N3O4S.C19H19Cl2N3O3S.C17H16ClN3O2S.C17H17N3O3S.C16H14ClN3O2S/c1-23-17-16(14-3-2-13(21)12-15(14)22)18(19(27)24-4-8-28-11-7-26)30-20(17)25-5-9-29-10-6-25;1-22-16-15(13-4-3-12(20)11-14(13)21)17(18(26)23-5-2-8-25)28-19(16)24-6-9-27-10-7-24;1-19-14-13(11-3-5-12(18)6-4-11)15(16(22)20-2)24-17(14)21-7-9-23-10-8-21;1-19-14-13(11-3-5-12(22-2)6-4-11)15(16(18)21)24-17(14)20-7-9-23-10-8-20;1-19-13-12(10-4-2-3-5-11(10)17)14(15(18)21)23-16(13)20-6-8-22-9-7-20/h2-3,12,26H,4-11H2,(H,24,27);3-4,11,25H,2,5-10H2,(H,23,26);3-6H,7-10H2,2H3,(H,20,22);3-6H,7-10H2,2H3,(H2,18,21);2-5H,6-9H2,(H2,18,21). The second-order valence-electron chi connectivity index (χ2n) is 28.1. The number of halogens is 6. The summed E-state index contributed by atoms with van der Waals surface area (Å²) in [6, 6.07) is 31.7. The Morgan fingerprint density at radius 3 is 1.06 bits per heavy atom. The van der Waals surface area contributed by atoms with Gasteiger partial charge in [0.25, 0.3) is 29.5 Å². The number of morpholine rings is 5. The molecule has 0 atom stereocenters. The maximum absolute atomic E-state index is 13.0. The van der Waals surface area contributed by atoms with Gasteiger partial charge in [-0.05, 0) is 88.8 Å². The molecule has 5 aromatic heterocycles. The predicted octanol–water partition coefficient (Wildman–Crippen LogP) is 18.3. The van der Waals surface area contributed by atoms with Gasteiger partial charge in [0.2, 0.25) is 28.4 Å². The van der Waals surface area contributed by atoms with Crippen molar-refractivity contribution in [3.05, 3.63) is 221 Å². The fourth-order valence-corrected chi connectivity index (χ4v) is 21.4. The highest BCUT2D eigenvalue weighted by molar-refractivity contribution is 7.21. The van der Waals surface area contributed by atoms with Crippen LogP contribution in [0, 0.1) is 32.9 Å². The molecule has 10 heterocycles. The lowest BCUT2D eigenvalue weighted by molar-refractivity contribution is 0.0840. The van der Waals surface area contributed by atoms with E-state index in [1.165, 1.54) is 56.7 Å². The normalized spacial score (nSPS) is 14.2. The number of aliphatic hydroxyl groups excluding tert-OH is 2. The van der Waals surface area contributed by atoms with E-state index in [9.17, 15) is 24.0 Å². The Morgan fingerprint density at radius 1 is 0.403 bits per heavy atom. The van der Waals surface area contributed by atoms with Crippen LogP contribution in [0.4, 0.5) is 53.4 Å². The summed E-state index contributed by atoms with van der Waals surface area (Å²) in [5, 5.41) is 32.7. The first-order valence-electron chi connectivity index (χ1n) is 40.2. The number of rotatable bonds is 24. The van der Waals surface area contributed by atoms with E-state index in [1.807, 2.05) is 36.4 Å². The number of hydrogen-bond acceptors (Lipinski definition) is 24. The zero-order valence-electron chi connectivity index (χ0n) is 69.7. The van der Waals surface area contributed by atoms with Gasteiger partial charge in [0, 0.05) is 150 Å². The van der Waals surface area contributed by atoms with Crippen LogP contribution in [0.3, 0.4) is 0 Å². The number of nitrogens with zero attached hydrogens (tertiary/aromatic N) is 10. The van der Waals surface area contributed by atoms with Gasteiger partial charge in [-0.25, -0.2) is 24.2 Å². The van der Waals surface area contributed by atoms with Gasteiger partial charge >= 0.3 is 0 Å². The second kappa shape index (κ2) is 49.0. The van der Waals surface area contributed by atoms with Gasteiger partial charge in [-0.15, -0.1) is 56.7 Å². The molecule has 5 aliphatic heterocycles. The lowest BCUT2D eigenvalue weighted by Crippen LogP contribution is -2.35. The molecule has 0 unspecified atom stereocenters. The lowest BCUT2D eigenvalue weighted by Gasteiger charge is -2.28. The molecule has 15 rings (SSSR count). The second-order valence-corrected chi connectivity index (χ2v) is 35.6. The summed E-state index contributed by atoms with van der Waals surface area (Å²) >= 11 is 43.6. The van der Waals surface area contributed by atoms with Crippen molar-refractivity contribution in [1.82, 2.24) is 16.0 Å². The zero-order chi connectivity index (χ0) is 92.2. The zero-order valence-corrected chi connectivity index (χ0v) is 78.3. The summed E-state index contributed by atoms with van der Waals surface area (Å²) in [5.74, 6) is -1.13. The van der Waals surface area contributed by atoms with Crippen LogP contribution in [0.2, 0.25) is 30.1 Å². The number of hydrogen-bond donors (Lipinski definition) is 7. The topological polar surface area (TPSA) is 317 Å². The number of anilines is 5. The van der Waals surface area contributed by atoms with E-state index < -0.39 is 11.8 Å². The summed E-state index contributed by atoms with van der Waals surface area (Å²) in [4.78, 5) is 93.3. The molecular formula is C89H87Cl6N15O14S5. The molecule has 10 aromatic rings. The van der Waals surface area contributed by atoms with Crippen molar-refractivity contribution in [2.75, 3.05) is 210 Å². The minimum Gasteiger partial charge on any atom is -0.497 e. The molecule has 5 saturated heterocycles. The largest absolute Gasteiger partial charge is 0.497 e. The molecule has 29 nitrogen and oxygen atoms in total. The maximum Gasteiger partial charge on any atom is 0.260 e. The highest BCUT2D eigenvalue weighted by Crippen LogP contribution is 2.55. The van der Waals surface area contributed by atoms with E-state index >= 15 is 0 Å². The van der Waals surface area contributed by atoms with Gasteiger partial charge < -0.3 is 95.3 Å². The third kappa shape index (κ3) is 24.6. The van der Waals surface area contributed by atoms with Gasteiger partial charge in [-0.2, -0.15) is 0 Å². The Balaban J connectivity index is 0.000000157. The van der Waals surface area contributed by atoms with Gasteiger partial charge in [0.05, 0.1) is 175 Å². The molecular weight excluding hydrogens is 1880 g/mol. The summed E-state index contributed by atoms with van der Waals surface area (Å²) < 4.78 is 37.3. The van der Waals surface area contributed by atoms with E-state index in [4.69, 9.17) is 157 Å². The molecule has 5 fully saturated rings. The first kappa shape index (κ1) is 99.2. The fraction of sp³-hybridized carbons (Fsp3) is 0.326. The van der Waals surface area contributed by atoms with Crippen molar-refractivity contribution in [2.24, 2.45) is 11.5 Å². The molecule has 129 heavy (non-hydrogen) atoms. The highest BCUT2D eigenvalue weighted by Gasteiger charge is 2.35. The quantitative estimate of drug-likeness (QED) is 0.0218. The molecule has 0 radical (unpaired) electrons. The van der Waals surface area contributed by atoms with E-state index in [0.717, 1.165) is 49.2 Å². The van der Waals surface area contributed by atoms with Crippen LogP contribution in [0.25, 0.3) is 79.9 Å². The van der Waals surface area contributed by atoms with Crippen molar-refractivity contribution in [3.8, 4) is 61.4 Å². The molecule has 0 bridgehead atoms. The number of thiophene rings is 5. The average Bonchev–Trinajstić information content (AvgIpc) is 1.67. The first-order chi connectivity index (χ1) is 62.6. The highest BCUT2D eigenvalue weighted by atomic mass is 35.5. The SMILES string of the molecule is [C-]#[N+]c1c(N2CCOCC2)sc(C(=O)NC)c1-c1ccc(Cl)cc1.[C-]#[N+]c1c(N2CCOCC2)sc(C(=O)NCCCO)c1-c1ccc(Cl)cc1Cl.[C-]#[N+]c1c(N2CCOCC2)sc(C(=O)NCCOCCO)c1-c1ccc(Cl)cc1Cl.[C-]#[N+]c1c(N2CCOCC2)sc(C(N)=O)c1-c1ccc(OC)cc1.[C-]#[N+]c1c(N2CCOCC2)sc(C(N)=O)c1-c1ccccc1Cl. The van der Waals surface area contributed by atoms with Gasteiger partial charge in [-0.3, -0.25) is 24.0 Å². The first-order valence-corrected chi connectivity index (χ1v) is 46.5. The van der Waals surface area contributed by atoms with E-state index in [1.54, 1.807) is 87.0 Å². The Labute approximate surface area is 796 Å². The number of carbonyl (C=O) groups excluding carboxylic acids is 5. The van der Waals surface area contributed by atoms with Crippen LogP contribution in [0.15, 0.2) is 109 Å². The van der Waals surface area contributed by atoms with Crippen LogP contribution < -0.4 is 56.7 Å². The van der Waals surface area contributed by atoms with Crippen LogP contribution in [0.5, 0.6) is 5.75 Å². The Bertz CT molecular complexity index is 5850. The van der Waals surface area contributed by atoms with Gasteiger partial charge in [0.15, 0.2) is 0 Å². The summed E-state index contributed by atoms with van der Waals surface area (Å²) in [6.45, 7) is 52.2. The number of carbonyl (C=O) groups is 5.